The fourth-order valence-electron chi connectivity index (χ4n) is 1.80. The van der Waals surface area contributed by atoms with Crippen molar-refractivity contribution in [2.24, 2.45) is 0 Å². The van der Waals surface area contributed by atoms with Gasteiger partial charge in [0.2, 0.25) is 0 Å². The highest BCUT2D eigenvalue weighted by atomic mass is 15.3. The number of hydrogen-bond donors (Lipinski definition) is 0. The minimum atomic E-state index is 0.765. The van der Waals surface area contributed by atoms with E-state index in [4.69, 9.17) is 0 Å². The van der Waals surface area contributed by atoms with Crippen LogP contribution in [0.4, 0.5) is 0 Å². The Morgan fingerprint density at radius 1 is 1.00 bits per heavy atom. The maximum absolute atomic E-state index is 4.34. The molecule has 4 nitrogen and oxygen atoms in total. The Morgan fingerprint density at radius 2 is 1.89 bits per heavy atom. The zero-order chi connectivity index (χ0) is 12.2. The number of nitrogens with zero attached hydrogens (tertiary/aromatic N) is 4. The van der Waals surface area contributed by atoms with Crippen molar-refractivity contribution < 1.29 is 0 Å². The molecular formula is C14H12N4. The van der Waals surface area contributed by atoms with Crippen molar-refractivity contribution in [3.05, 3.63) is 66.9 Å². The maximum atomic E-state index is 4.34. The van der Waals surface area contributed by atoms with Crippen LogP contribution in [0.15, 0.2) is 61.3 Å². The average Bonchev–Trinajstić information content (AvgIpc) is 2.89. The van der Waals surface area contributed by atoms with Gasteiger partial charge in [-0.3, -0.25) is 14.6 Å². The van der Waals surface area contributed by atoms with Crippen LogP contribution in [0.25, 0.3) is 11.3 Å². The van der Waals surface area contributed by atoms with Crippen LogP contribution in [-0.4, -0.2) is 19.7 Å². The van der Waals surface area contributed by atoms with E-state index in [9.17, 15) is 0 Å². The van der Waals surface area contributed by atoms with Crippen molar-refractivity contribution in [2.45, 2.75) is 6.54 Å². The molecule has 0 unspecified atom stereocenters. The molecule has 0 fully saturated rings. The van der Waals surface area contributed by atoms with Crippen molar-refractivity contribution in [3.63, 3.8) is 0 Å². The van der Waals surface area contributed by atoms with E-state index < -0.39 is 0 Å². The van der Waals surface area contributed by atoms with Gasteiger partial charge in [0.15, 0.2) is 0 Å². The smallest absolute Gasteiger partial charge is 0.0916 e. The molecule has 3 rings (SSSR count). The molecule has 0 amide bonds. The number of aromatic nitrogens is 4. The van der Waals surface area contributed by atoms with Crippen molar-refractivity contribution >= 4 is 0 Å². The number of benzene rings is 1. The van der Waals surface area contributed by atoms with E-state index in [2.05, 4.69) is 27.2 Å². The summed E-state index contributed by atoms with van der Waals surface area (Å²) in [5.74, 6) is 0. The van der Waals surface area contributed by atoms with Crippen LogP contribution in [0, 0.1) is 0 Å². The third-order valence-corrected chi connectivity index (χ3v) is 2.68. The van der Waals surface area contributed by atoms with Crippen LogP contribution in [0.2, 0.25) is 0 Å². The zero-order valence-corrected chi connectivity index (χ0v) is 9.77. The molecule has 3 aromatic rings. The molecule has 2 aromatic heterocycles. The Morgan fingerprint density at radius 3 is 2.67 bits per heavy atom. The van der Waals surface area contributed by atoms with E-state index in [1.807, 2.05) is 35.3 Å². The van der Waals surface area contributed by atoms with Gasteiger partial charge in [0, 0.05) is 24.2 Å². The summed E-state index contributed by atoms with van der Waals surface area (Å²) >= 11 is 0. The normalized spacial score (nSPS) is 10.4. The summed E-state index contributed by atoms with van der Waals surface area (Å²) in [7, 11) is 0. The standard InChI is InChI=1S/C14H12N4/c1-2-4-12(5-3-1)10-18-11-13(8-17-18)14-9-15-6-7-16-14/h1-9,11H,10H2. The van der Waals surface area contributed by atoms with Gasteiger partial charge in [-0.2, -0.15) is 5.10 Å². The van der Waals surface area contributed by atoms with E-state index in [1.54, 1.807) is 18.6 Å². The second-order valence-corrected chi connectivity index (χ2v) is 4.00. The van der Waals surface area contributed by atoms with Crippen LogP contribution in [0.5, 0.6) is 0 Å². The van der Waals surface area contributed by atoms with Crippen LogP contribution in [0.3, 0.4) is 0 Å². The lowest BCUT2D eigenvalue weighted by molar-refractivity contribution is 0.687. The van der Waals surface area contributed by atoms with Gasteiger partial charge < -0.3 is 0 Å². The van der Waals surface area contributed by atoms with Crippen molar-refractivity contribution in [2.75, 3.05) is 0 Å². The summed E-state index contributed by atoms with van der Waals surface area (Å²) in [6, 6.07) is 10.2. The molecule has 0 aliphatic rings. The molecule has 0 bridgehead atoms. The fourth-order valence-corrected chi connectivity index (χ4v) is 1.80. The molecule has 0 radical (unpaired) electrons. The summed E-state index contributed by atoms with van der Waals surface area (Å²) in [6.45, 7) is 0.765. The largest absolute Gasteiger partial charge is 0.268 e. The monoisotopic (exact) mass is 236 g/mol. The average molecular weight is 236 g/mol. The quantitative estimate of drug-likeness (QED) is 0.701. The van der Waals surface area contributed by atoms with Crippen LogP contribution >= 0.6 is 0 Å². The zero-order valence-electron chi connectivity index (χ0n) is 9.77. The fraction of sp³-hybridized carbons (Fsp3) is 0.0714. The molecule has 0 atom stereocenters. The summed E-state index contributed by atoms with van der Waals surface area (Å²) in [6.07, 6.45) is 8.88. The van der Waals surface area contributed by atoms with Gasteiger partial charge in [-0.1, -0.05) is 30.3 Å². The summed E-state index contributed by atoms with van der Waals surface area (Å²) in [5, 5.41) is 4.34. The third-order valence-electron chi connectivity index (χ3n) is 2.68. The minimum absolute atomic E-state index is 0.765. The van der Waals surface area contributed by atoms with Crippen molar-refractivity contribution in [1.82, 2.24) is 19.7 Å². The van der Waals surface area contributed by atoms with Gasteiger partial charge >= 0.3 is 0 Å². The molecule has 0 spiro atoms. The second-order valence-electron chi connectivity index (χ2n) is 4.00. The van der Waals surface area contributed by atoms with E-state index in [0.29, 0.717) is 0 Å². The first-order chi connectivity index (χ1) is 8.92. The highest BCUT2D eigenvalue weighted by molar-refractivity contribution is 5.55. The Kier molecular flexibility index (Phi) is 2.84. The van der Waals surface area contributed by atoms with Gasteiger partial charge in [0.05, 0.1) is 24.6 Å². The molecule has 2 heterocycles. The first-order valence-corrected chi connectivity index (χ1v) is 5.74. The SMILES string of the molecule is c1ccc(Cn2cc(-c3cnccn3)cn2)cc1. The first-order valence-electron chi connectivity index (χ1n) is 5.74. The predicted molar refractivity (Wildman–Crippen MR) is 68.8 cm³/mol. The Labute approximate surface area is 105 Å². The van der Waals surface area contributed by atoms with E-state index in [1.165, 1.54) is 5.56 Å². The molecule has 0 aliphatic carbocycles. The van der Waals surface area contributed by atoms with E-state index in [0.717, 1.165) is 17.8 Å². The first kappa shape index (κ1) is 10.7. The minimum Gasteiger partial charge on any atom is -0.268 e. The summed E-state index contributed by atoms with van der Waals surface area (Å²) < 4.78 is 1.90. The molecule has 4 heteroatoms. The molecule has 18 heavy (non-hydrogen) atoms. The van der Waals surface area contributed by atoms with Gasteiger partial charge in [-0.25, -0.2) is 0 Å². The van der Waals surface area contributed by atoms with Crippen LogP contribution < -0.4 is 0 Å². The molecular weight excluding hydrogens is 224 g/mol. The highest BCUT2D eigenvalue weighted by Crippen LogP contribution is 2.14. The second kappa shape index (κ2) is 4.79. The lowest BCUT2D eigenvalue weighted by Crippen LogP contribution is -1.99. The van der Waals surface area contributed by atoms with Crippen LogP contribution in [0.1, 0.15) is 5.56 Å². The molecule has 0 saturated carbocycles. The van der Waals surface area contributed by atoms with Gasteiger partial charge in [-0.15, -0.1) is 0 Å². The predicted octanol–water partition coefficient (Wildman–Crippen LogP) is 2.39. The molecule has 0 aliphatic heterocycles. The molecule has 0 N–H and O–H groups in total. The maximum Gasteiger partial charge on any atom is 0.0916 e. The van der Waals surface area contributed by atoms with Crippen molar-refractivity contribution in [3.8, 4) is 11.3 Å². The molecule has 88 valence electrons. The summed E-state index contributed by atoms with van der Waals surface area (Å²) in [4.78, 5) is 8.31. The topological polar surface area (TPSA) is 43.6 Å². The van der Waals surface area contributed by atoms with Crippen molar-refractivity contribution in [1.29, 1.82) is 0 Å². The lowest BCUT2D eigenvalue weighted by Gasteiger charge is -2.00. The highest BCUT2D eigenvalue weighted by Gasteiger charge is 2.03. The molecule has 1 aromatic carbocycles. The van der Waals surface area contributed by atoms with Gasteiger partial charge in [0.25, 0.3) is 0 Å². The van der Waals surface area contributed by atoms with Gasteiger partial charge in [-0.05, 0) is 5.56 Å². The van der Waals surface area contributed by atoms with E-state index >= 15 is 0 Å². The number of hydrogen-bond acceptors (Lipinski definition) is 3. The summed E-state index contributed by atoms with van der Waals surface area (Å²) in [5.41, 5.74) is 3.06. The van der Waals surface area contributed by atoms with Gasteiger partial charge in [0.1, 0.15) is 0 Å². The number of rotatable bonds is 3. The van der Waals surface area contributed by atoms with Crippen LogP contribution in [-0.2, 0) is 6.54 Å². The Hall–Kier alpha value is -2.49. The molecule has 0 saturated heterocycles. The lowest BCUT2D eigenvalue weighted by atomic mass is 10.2. The Bertz CT molecular complexity index is 617. The Balaban J connectivity index is 1.82. The van der Waals surface area contributed by atoms with E-state index in [-0.39, 0.29) is 0 Å². The third kappa shape index (κ3) is 2.27.